The van der Waals surface area contributed by atoms with E-state index in [0.29, 0.717) is 17.6 Å². The zero-order chi connectivity index (χ0) is 21.6. The second-order valence-corrected chi connectivity index (χ2v) is 8.33. The number of hydrogen-bond acceptors (Lipinski definition) is 10. The number of carbonyl (C=O) groups excluding carboxylic acids is 1. The van der Waals surface area contributed by atoms with Gasteiger partial charge in [-0.25, -0.2) is 4.79 Å². The predicted molar refractivity (Wildman–Crippen MR) is 98.4 cm³/mol. The van der Waals surface area contributed by atoms with E-state index in [4.69, 9.17) is 28.4 Å². The molecule has 168 valence electrons. The topological polar surface area (TPSA) is 133 Å². The van der Waals surface area contributed by atoms with Crippen LogP contribution in [0.3, 0.4) is 0 Å². The Morgan fingerprint density at radius 3 is 2.73 bits per heavy atom. The van der Waals surface area contributed by atoms with Gasteiger partial charge in [-0.15, -0.1) is 0 Å². The Bertz CT molecular complexity index is 729. The minimum Gasteiger partial charge on any atom is -0.471 e. The Morgan fingerprint density at radius 2 is 2.03 bits per heavy atom. The van der Waals surface area contributed by atoms with E-state index in [9.17, 15) is 20.1 Å². The van der Waals surface area contributed by atoms with Crippen molar-refractivity contribution in [3.05, 3.63) is 23.5 Å². The lowest BCUT2D eigenvalue weighted by Gasteiger charge is -2.49. The molecule has 10 heteroatoms. The number of fused-ring (bicyclic) bond motifs is 2. The van der Waals surface area contributed by atoms with E-state index in [0.717, 1.165) is 0 Å². The summed E-state index contributed by atoms with van der Waals surface area (Å²) in [4.78, 5) is 12.1. The highest BCUT2D eigenvalue weighted by Gasteiger charge is 2.53. The summed E-state index contributed by atoms with van der Waals surface area (Å²) in [6.07, 6.45) is -2.57. The molecule has 30 heavy (non-hydrogen) atoms. The predicted octanol–water partition coefficient (Wildman–Crippen LogP) is -0.431. The number of allylic oxidation sites excluding steroid dienone is 1. The molecule has 8 atom stereocenters. The van der Waals surface area contributed by atoms with Gasteiger partial charge in [0.1, 0.15) is 24.4 Å². The van der Waals surface area contributed by atoms with Crippen LogP contribution in [0.1, 0.15) is 20.3 Å². The first-order valence-corrected chi connectivity index (χ1v) is 9.98. The van der Waals surface area contributed by atoms with Crippen LogP contribution in [0.25, 0.3) is 0 Å². The van der Waals surface area contributed by atoms with Gasteiger partial charge in [0.2, 0.25) is 6.29 Å². The molecule has 4 aliphatic rings. The molecule has 0 saturated carbocycles. The zero-order valence-electron chi connectivity index (χ0n) is 17.1. The molecule has 0 spiro atoms. The molecule has 2 fully saturated rings. The summed E-state index contributed by atoms with van der Waals surface area (Å²) < 4.78 is 33.5. The fourth-order valence-corrected chi connectivity index (χ4v) is 4.50. The van der Waals surface area contributed by atoms with Crippen molar-refractivity contribution in [1.29, 1.82) is 0 Å². The molecule has 0 radical (unpaired) electrons. The number of ether oxygens (including phenoxy) is 6. The van der Waals surface area contributed by atoms with E-state index >= 15 is 0 Å². The van der Waals surface area contributed by atoms with Crippen LogP contribution in [-0.4, -0.2) is 84.4 Å². The van der Waals surface area contributed by atoms with Gasteiger partial charge in [0.25, 0.3) is 0 Å². The van der Waals surface area contributed by atoms with Crippen molar-refractivity contribution < 1.29 is 48.5 Å². The summed E-state index contributed by atoms with van der Waals surface area (Å²) in [5.74, 6) is -2.17. The lowest BCUT2D eigenvalue weighted by Crippen LogP contribution is -2.65. The molecule has 0 aromatic carbocycles. The van der Waals surface area contributed by atoms with Crippen LogP contribution >= 0.6 is 0 Å². The molecule has 3 aliphatic heterocycles. The summed E-state index contributed by atoms with van der Waals surface area (Å²) in [7, 11) is 1.29. The van der Waals surface area contributed by atoms with Gasteiger partial charge in [0, 0.05) is 5.92 Å². The van der Waals surface area contributed by atoms with Crippen molar-refractivity contribution in [3.63, 3.8) is 0 Å². The van der Waals surface area contributed by atoms with Crippen LogP contribution in [0.4, 0.5) is 0 Å². The molecule has 0 aromatic rings. The SMILES string of the molecule is COC(=O)C1=CO[C@@H](O[C@@H]2O[C@@H]3COC(C)(C)O[C@H]3[C@H](O)[C@H]2O)[C@@H]2C(CO)=CC[C@H]12. The summed E-state index contributed by atoms with van der Waals surface area (Å²) >= 11 is 0. The highest BCUT2D eigenvalue weighted by atomic mass is 16.8. The number of hydrogen-bond donors (Lipinski definition) is 3. The number of methoxy groups -OCH3 is 1. The van der Waals surface area contributed by atoms with Crippen molar-refractivity contribution in [2.24, 2.45) is 11.8 Å². The molecular formula is C20H28O10. The van der Waals surface area contributed by atoms with Crippen molar-refractivity contribution in [1.82, 2.24) is 0 Å². The van der Waals surface area contributed by atoms with E-state index in [2.05, 4.69) is 0 Å². The quantitative estimate of drug-likeness (QED) is 0.400. The number of esters is 1. The average Bonchev–Trinajstić information content (AvgIpc) is 3.16. The molecule has 10 nitrogen and oxygen atoms in total. The van der Waals surface area contributed by atoms with Gasteiger partial charge in [-0.05, 0) is 25.8 Å². The van der Waals surface area contributed by atoms with Gasteiger partial charge in [-0.3, -0.25) is 0 Å². The fraction of sp³-hybridized carbons (Fsp3) is 0.750. The Morgan fingerprint density at radius 1 is 1.27 bits per heavy atom. The van der Waals surface area contributed by atoms with Gasteiger partial charge in [0.15, 0.2) is 12.1 Å². The summed E-state index contributed by atoms with van der Waals surface area (Å²) in [6, 6.07) is 0. The first-order valence-electron chi connectivity index (χ1n) is 9.98. The number of rotatable bonds is 4. The zero-order valence-corrected chi connectivity index (χ0v) is 17.1. The van der Waals surface area contributed by atoms with Crippen LogP contribution in [0, 0.1) is 11.8 Å². The third kappa shape index (κ3) is 3.77. The first kappa shape index (κ1) is 21.7. The van der Waals surface area contributed by atoms with Crippen LogP contribution in [0.2, 0.25) is 0 Å². The van der Waals surface area contributed by atoms with Gasteiger partial charge < -0.3 is 43.7 Å². The number of carbonyl (C=O) groups is 1. The molecule has 3 heterocycles. The lowest BCUT2D eigenvalue weighted by molar-refractivity contribution is -0.395. The molecule has 3 N–H and O–H groups in total. The standard InChI is InChI=1S/C20H28O10/c1-20(2)27-8-12-16(30-20)14(22)15(23)19(28-12)29-18-13-9(6-21)4-5-10(13)11(7-26-18)17(24)25-3/h4,7,10,12-16,18-19,21-23H,5-6,8H2,1-3H3/t10-,12-,13-,14-,15-,16-,18+,19+/m1/s1. The Balaban J connectivity index is 1.51. The fourth-order valence-electron chi connectivity index (χ4n) is 4.50. The highest BCUT2D eigenvalue weighted by Crippen LogP contribution is 2.44. The van der Waals surface area contributed by atoms with Gasteiger partial charge in [-0.1, -0.05) is 6.08 Å². The molecule has 0 unspecified atom stereocenters. The number of aliphatic hydroxyl groups excluding tert-OH is 3. The van der Waals surface area contributed by atoms with E-state index in [1.54, 1.807) is 13.8 Å². The maximum atomic E-state index is 12.1. The maximum Gasteiger partial charge on any atom is 0.337 e. The summed E-state index contributed by atoms with van der Waals surface area (Å²) in [6.45, 7) is 3.37. The molecular weight excluding hydrogens is 400 g/mol. The van der Waals surface area contributed by atoms with Crippen molar-refractivity contribution in [2.75, 3.05) is 20.3 Å². The van der Waals surface area contributed by atoms with Crippen molar-refractivity contribution >= 4 is 5.97 Å². The van der Waals surface area contributed by atoms with E-state index in [1.165, 1.54) is 13.4 Å². The van der Waals surface area contributed by atoms with Gasteiger partial charge in [-0.2, -0.15) is 0 Å². The molecule has 0 amide bonds. The Kier molecular flexibility index (Phi) is 5.92. The summed E-state index contributed by atoms with van der Waals surface area (Å²) in [5.41, 5.74) is 1.01. The van der Waals surface area contributed by atoms with E-state index in [-0.39, 0.29) is 19.1 Å². The van der Waals surface area contributed by atoms with Crippen molar-refractivity contribution in [2.45, 2.75) is 63.1 Å². The third-order valence-electron chi connectivity index (χ3n) is 6.05. The molecule has 4 rings (SSSR count). The third-order valence-corrected chi connectivity index (χ3v) is 6.05. The van der Waals surface area contributed by atoms with E-state index < -0.39 is 54.7 Å². The largest absolute Gasteiger partial charge is 0.471 e. The average molecular weight is 428 g/mol. The molecule has 0 bridgehead atoms. The lowest BCUT2D eigenvalue weighted by atomic mass is 9.83. The highest BCUT2D eigenvalue weighted by molar-refractivity contribution is 5.89. The minimum absolute atomic E-state index is 0.160. The molecule has 1 aliphatic carbocycles. The monoisotopic (exact) mass is 428 g/mol. The smallest absolute Gasteiger partial charge is 0.337 e. The first-order chi connectivity index (χ1) is 14.3. The second-order valence-electron chi connectivity index (χ2n) is 8.33. The van der Waals surface area contributed by atoms with Gasteiger partial charge >= 0.3 is 5.97 Å². The normalized spacial score (nSPS) is 42.3. The second kappa shape index (κ2) is 8.19. The Labute approximate surface area is 173 Å². The minimum atomic E-state index is -1.39. The number of aliphatic hydroxyl groups is 3. The van der Waals surface area contributed by atoms with Crippen LogP contribution in [0.15, 0.2) is 23.5 Å². The van der Waals surface area contributed by atoms with Gasteiger partial charge in [0.05, 0.1) is 38.1 Å². The molecule has 2 saturated heterocycles. The van der Waals surface area contributed by atoms with Crippen LogP contribution in [-0.2, 0) is 33.2 Å². The summed E-state index contributed by atoms with van der Waals surface area (Å²) in [5, 5.41) is 30.9. The van der Waals surface area contributed by atoms with E-state index in [1.807, 2.05) is 6.08 Å². The van der Waals surface area contributed by atoms with Crippen LogP contribution in [0.5, 0.6) is 0 Å². The molecule has 0 aromatic heterocycles. The Hall–Kier alpha value is -1.53. The van der Waals surface area contributed by atoms with Crippen LogP contribution < -0.4 is 0 Å². The maximum absolute atomic E-state index is 12.1. The van der Waals surface area contributed by atoms with Crippen molar-refractivity contribution in [3.8, 4) is 0 Å².